The Morgan fingerprint density at radius 1 is 1.50 bits per heavy atom. The molecule has 1 amide bonds. The quantitative estimate of drug-likeness (QED) is 0.715. The largest absolute Gasteiger partial charge is 0.391 e. The molecule has 1 unspecified atom stereocenters. The van der Waals surface area contributed by atoms with Gasteiger partial charge in [0.2, 0.25) is 5.91 Å². The normalized spacial score (nSPS) is 29.4. The number of rotatable bonds is 2. The smallest absolute Gasteiger partial charge is 0.228 e. The fourth-order valence-electron chi connectivity index (χ4n) is 2.89. The van der Waals surface area contributed by atoms with Crippen molar-refractivity contribution in [3.8, 4) is 0 Å². The number of amides is 1. The summed E-state index contributed by atoms with van der Waals surface area (Å²) >= 11 is 0. The van der Waals surface area contributed by atoms with Crippen LogP contribution < -0.4 is 5.32 Å². The lowest BCUT2D eigenvalue weighted by Crippen LogP contribution is -2.48. The Morgan fingerprint density at radius 2 is 2.19 bits per heavy atom. The topological polar surface area (TPSA) is 52.6 Å². The van der Waals surface area contributed by atoms with Gasteiger partial charge in [0, 0.05) is 13.1 Å². The summed E-state index contributed by atoms with van der Waals surface area (Å²) in [6, 6.07) is 0. The van der Waals surface area contributed by atoms with Gasteiger partial charge in [-0.3, -0.25) is 4.79 Å². The van der Waals surface area contributed by atoms with Gasteiger partial charge in [-0.2, -0.15) is 0 Å². The first-order valence-corrected chi connectivity index (χ1v) is 6.36. The molecular formula is C12H22N2O2. The minimum absolute atomic E-state index is 0.157. The van der Waals surface area contributed by atoms with E-state index in [1.165, 1.54) is 0 Å². The van der Waals surface area contributed by atoms with Gasteiger partial charge in [0.05, 0.1) is 11.5 Å². The molecule has 0 aromatic rings. The molecule has 2 heterocycles. The average molecular weight is 226 g/mol. The number of piperidine rings is 1. The van der Waals surface area contributed by atoms with E-state index in [0.717, 1.165) is 45.3 Å². The van der Waals surface area contributed by atoms with Crippen LogP contribution in [-0.4, -0.2) is 48.2 Å². The molecule has 2 aliphatic rings. The number of carbonyl (C=O) groups is 1. The molecule has 2 N–H and O–H groups in total. The minimum atomic E-state index is -0.306. The zero-order valence-electron chi connectivity index (χ0n) is 10.0. The van der Waals surface area contributed by atoms with Crippen LogP contribution in [0.1, 0.15) is 32.6 Å². The molecule has 0 spiro atoms. The highest BCUT2D eigenvalue weighted by Gasteiger charge is 2.41. The van der Waals surface area contributed by atoms with Crippen LogP contribution in [0.25, 0.3) is 0 Å². The first-order chi connectivity index (χ1) is 7.68. The highest BCUT2D eigenvalue weighted by atomic mass is 16.3. The van der Waals surface area contributed by atoms with Crippen LogP contribution in [-0.2, 0) is 4.79 Å². The molecule has 1 atom stereocenters. The molecule has 4 nitrogen and oxygen atoms in total. The molecular weight excluding hydrogens is 204 g/mol. The number of nitrogens with one attached hydrogen (secondary N) is 1. The summed E-state index contributed by atoms with van der Waals surface area (Å²) in [6.07, 6.45) is 3.23. The number of aliphatic hydroxyl groups is 1. The standard InChI is InChI=1S/C12H22N2O2/c1-2-12(4-6-13-7-5-12)11(16)14-8-3-10(15)9-14/h10,13,15H,2-9H2,1H3. The Balaban J connectivity index is 2.05. The second kappa shape index (κ2) is 4.72. The van der Waals surface area contributed by atoms with E-state index in [-0.39, 0.29) is 17.4 Å². The lowest BCUT2D eigenvalue weighted by atomic mass is 9.75. The van der Waals surface area contributed by atoms with Crippen molar-refractivity contribution in [3.63, 3.8) is 0 Å². The minimum Gasteiger partial charge on any atom is -0.391 e. The summed E-state index contributed by atoms with van der Waals surface area (Å²) in [4.78, 5) is 14.3. The van der Waals surface area contributed by atoms with Crippen molar-refractivity contribution in [3.05, 3.63) is 0 Å². The van der Waals surface area contributed by atoms with Crippen molar-refractivity contribution < 1.29 is 9.90 Å². The van der Waals surface area contributed by atoms with Gasteiger partial charge in [-0.1, -0.05) is 6.92 Å². The fraction of sp³-hybridized carbons (Fsp3) is 0.917. The van der Waals surface area contributed by atoms with E-state index in [9.17, 15) is 9.90 Å². The van der Waals surface area contributed by atoms with E-state index < -0.39 is 0 Å². The van der Waals surface area contributed by atoms with E-state index in [0.29, 0.717) is 6.54 Å². The summed E-state index contributed by atoms with van der Waals surface area (Å²) in [5, 5.41) is 12.8. The van der Waals surface area contributed by atoms with Crippen LogP contribution in [0.3, 0.4) is 0 Å². The number of aliphatic hydroxyl groups excluding tert-OH is 1. The summed E-state index contributed by atoms with van der Waals surface area (Å²) < 4.78 is 0. The lowest BCUT2D eigenvalue weighted by molar-refractivity contribution is -0.143. The number of β-amino-alcohol motifs (C(OH)–C–C–N with tert-alkyl or cyclic N) is 1. The van der Waals surface area contributed by atoms with E-state index >= 15 is 0 Å². The van der Waals surface area contributed by atoms with Crippen LogP contribution in [0.4, 0.5) is 0 Å². The molecule has 0 radical (unpaired) electrons. The van der Waals surface area contributed by atoms with Crippen molar-refractivity contribution in [2.75, 3.05) is 26.2 Å². The third-order valence-electron chi connectivity index (χ3n) is 4.14. The van der Waals surface area contributed by atoms with Crippen LogP contribution in [0.15, 0.2) is 0 Å². The number of hydrogen-bond acceptors (Lipinski definition) is 3. The summed E-state index contributed by atoms with van der Waals surface area (Å²) in [6.45, 7) is 5.25. The summed E-state index contributed by atoms with van der Waals surface area (Å²) in [7, 11) is 0. The molecule has 0 saturated carbocycles. The number of nitrogens with zero attached hydrogens (tertiary/aromatic N) is 1. The van der Waals surface area contributed by atoms with Crippen molar-refractivity contribution >= 4 is 5.91 Å². The predicted molar refractivity (Wildman–Crippen MR) is 62.0 cm³/mol. The number of hydrogen-bond donors (Lipinski definition) is 2. The predicted octanol–water partition coefficient (Wildman–Crippen LogP) is 0.359. The third kappa shape index (κ3) is 2.09. The van der Waals surface area contributed by atoms with E-state index in [1.54, 1.807) is 0 Å². The maximum absolute atomic E-state index is 12.5. The van der Waals surface area contributed by atoms with Crippen molar-refractivity contribution in [2.24, 2.45) is 5.41 Å². The molecule has 0 aromatic carbocycles. The molecule has 2 saturated heterocycles. The van der Waals surface area contributed by atoms with E-state index in [2.05, 4.69) is 12.2 Å². The van der Waals surface area contributed by atoms with Crippen molar-refractivity contribution in [1.82, 2.24) is 10.2 Å². The molecule has 0 aromatic heterocycles. The molecule has 4 heteroatoms. The number of likely N-dealkylation sites (tertiary alicyclic amines) is 1. The third-order valence-corrected chi connectivity index (χ3v) is 4.14. The molecule has 92 valence electrons. The molecule has 0 bridgehead atoms. The van der Waals surface area contributed by atoms with Gasteiger partial charge < -0.3 is 15.3 Å². The Kier molecular flexibility index (Phi) is 3.50. The molecule has 2 aliphatic heterocycles. The van der Waals surface area contributed by atoms with E-state index in [1.807, 2.05) is 4.90 Å². The van der Waals surface area contributed by atoms with Crippen LogP contribution in [0.5, 0.6) is 0 Å². The van der Waals surface area contributed by atoms with Gasteiger partial charge in [-0.05, 0) is 38.8 Å². The van der Waals surface area contributed by atoms with Crippen LogP contribution in [0, 0.1) is 5.41 Å². The first-order valence-electron chi connectivity index (χ1n) is 6.36. The van der Waals surface area contributed by atoms with E-state index in [4.69, 9.17) is 0 Å². The monoisotopic (exact) mass is 226 g/mol. The average Bonchev–Trinajstić information content (AvgIpc) is 2.76. The Morgan fingerprint density at radius 3 is 2.69 bits per heavy atom. The maximum Gasteiger partial charge on any atom is 0.228 e. The van der Waals surface area contributed by atoms with Gasteiger partial charge in [-0.25, -0.2) is 0 Å². The second-order valence-electron chi connectivity index (χ2n) is 5.08. The zero-order valence-corrected chi connectivity index (χ0v) is 10.0. The van der Waals surface area contributed by atoms with Crippen LogP contribution in [0.2, 0.25) is 0 Å². The SMILES string of the molecule is CCC1(C(=O)N2CCC(O)C2)CCNCC1. The van der Waals surface area contributed by atoms with Crippen LogP contribution >= 0.6 is 0 Å². The van der Waals surface area contributed by atoms with Crippen molar-refractivity contribution in [2.45, 2.75) is 38.7 Å². The fourth-order valence-corrected chi connectivity index (χ4v) is 2.89. The first kappa shape index (κ1) is 11.9. The van der Waals surface area contributed by atoms with Gasteiger partial charge in [-0.15, -0.1) is 0 Å². The summed E-state index contributed by atoms with van der Waals surface area (Å²) in [5.41, 5.74) is -0.157. The maximum atomic E-state index is 12.5. The second-order valence-corrected chi connectivity index (χ2v) is 5.08. The Bertz CT molecular complexity index is 262. The van der Waals surface area contributed by atoms with Gasteiger partial charge in [0.25, 0.3) is 0 Å². The van der Waals surface area contributed by atoms with Gasteiger partial charge in [0.1, 0.15) is 0 Å². The Labute approximate surface area is 97.0 Å². The summed E-state index contributed by atoms with van der Waals surface area (Å²) in [5.74, 6) is 0.271. The highest BCUT2D eigenvalue weighted by Crippen LogP contribution is 2.35. The highest BCUT2D eigenvalue weighted by molar-refractivity contribution is 5.83. The Hall–Kier alpha value is -0.610. The number of carbonyl (C=O) groups excluding carboxylic acids is 1. The zero-order chi connectivity index (χ0) is 11.6. The van der Waals surface area contributed by atoms with Gasteiger partial charge >= 0.3 is 0 Å². The molecule has 0 aliphatic carbocycles. The molecule has 2 rings (SSSR count). The van der Waals surface area contributed by atoms with Gasteiger partial charge in [0.15, 0.2) is 0 Å². The van der Waals surface area contributed by atoms with Crippen molar-refractivity contribution in [1.29, 1.82) is 0 Å². The lowest BCUT2D eigenvalue weighted by Gasteiger charge is -2.38. The molecule has 16 heavy (non-hydrogen) atoms. The molecule has 2 fully saturated rings.